The number of carbonyl (C=O) groups is 1. The Morgan fingerprint density at radius 3 is 2.46 bits per heavy atom. The molecule has 0 unspecified atom stereocenters. The SMILES string of the molecule is CCCCCC(=O)NN(C)CCC. The monoisotopic (exact) mass is 186 g/mol. The molecule has 0 saturated heterocycles. The third kappa shape index (κ3) is 7.78. The van der Waals surface area contributed by atoms with Crippen molar-refractivity contribution in [2.75, 3.05) is 13.6 Å². The van der Waals surface area contributed by atoms with Crippen LogP contribution in [0.25, 0.3) is 0 Å². The molecule has 0 fully saturated rings. The zero-order valence-electron chi connectivity index (χ0n) is 9.10. The molecule has 3 nitrogen and oxygen atoms in total. The quantitative estimate of drug-likeness (QED) is 0.487. The molecule has 0 spiro atoms. The molecule has 0 heterocycles. The lowest BCUT2D eigenvalue weighted by molar-refractivity contribution is -0.125. The van der Waals surface area contributed by atoms with Crippen LogP contribution in [0.2, 0.25) is 0 Å². The first-order valence-corrected chi connectivity index (χ1v) is 5.21. The van der Waals surface area contributed by atoms with Crippen LogP contribution in [0.1, 0.15) is 46.0 Å². The predicted octanol–water partition coefficient (Wildman–Crippen LogP) is 1.94. The lowest BCUT2D eigenvalue weighted by atomic mass is 10.2. The number of rotatable bonds is 7. The summed E-state index contributed by atoms with van der Waals surface area (Å²) in [6, 6.07) is 0. The van der Waals surface area contributed by atoms with E-state index in [4.69, 9.17) is 0 Å². The van der Waals surface area contributed by atoms with E-state index in [1.54, 1.807) is 0 Å². The minimum Gasteiger partial charge on any atom is -0.289 e. The fraction of sp³-hybridized carbons (Fsp3) is 0.900. The van der Waals surface area contributed by atoms with Gasteiger partial charge in [-0.05, 0) is 12.8 Å². The Morgan fingerprint density at radius 2 is 1.92 bits per heavy atom. The van der Waals surface area contributed by atoms with Crippen molar-refractivity contribution in [3.05, 3.63) is 0 Å². The molecule has 0 atom stereocenters. The molecule has 3 heteroatoms. The van der Waals surface area contributed by atoms with Gasteiger partial charge in [-0.25, -0.2) is 5.01 Å². The highest BCUT2D eigenvalue weighted by atomic mass is 16.2. The average molecular weight is 186 g/mol. The van der Waals surface area contributed by atoms with Gasteiger partial charge in [0.1, 0.15) is 0 Å². The average Bonchev–Trinajstić information content (AvgIpc) is 2.05. The van der Waals surface area contributed by atoms with Crippen LogP contribution in [0.3, 0.4) is 0 Å². The molecule has 0 radical (unpaired) electrons. The summed E-state index contributed by atoms with van der Waals surface area (Å²) in [4.78, 5) is 11.3. The van der Waals surface area contributed by atoms with Gasteiger partial charge in [0.15, 0.2) is 0 Å². The van der Waals surface area contributed by atoms with Crippen molar-refractivity contribution >= 4 is 5.91 Å². The van der Waals surface area contributed by atoms with Crippen molar-refractivity contribution in [3.8, 4) is 0 Å². The molecule has 0 aliphatic rings. The van der Waals surface area contributed by atoms with Gasteiger partial charge in [0, 0.05) is 20.0 Å². The lowest BCUT2D eigenvalue weighted by Crippen LogP contribution is -2.39. The van der Waals surface area contributed by atoms with E-state index in [2.05, 4.69) is 19.3 Å². The van der Waals surface area contributed by atoms with E-state index in [0.29, 0.717) is 6.42 Å². The Bertz CT molecular complexity index is 137. The van der Waals surface area contributed by atoms with Gasteiger partial charge in [-0.3, -0.25) is 10.2 Å². The molecule has 0 aliphatic carbocycles. The summed E-state index contributed by atoms with van der Waals surface area (Å²) >= 11 is 0. The number of amides is 1. The molecular formula is C10H22N2O. The van der Waals surface area contributed by atoms with Gasteiger partial charge in [-0.2, -0.15) is 0 Å². The van der Waals surface area contributed by atoms with Crippen LogP contribution in [-0.4, -0.2) is 24.5 Å². The van der Waals surface area contributed by atoms with Gasteiger partial charge in [-0.15, -0.1) is 0 Å². The largest absolute Gasteiger partial charge is 0.289 e. The van der Waals surface area contributed by atoms with E-state index in [-0.39, 0.29) is 5.91 Å². The van der Waals surface area contributed by atoms with Gasteiger partial charge >= 0.3 is 0 Å². The van der Waals surface area contributed by atoms with Crippen molar-refractivity contribution in [2.45, 2.75) is 46.0 Å². The van der Waals surface area contributed by atoms with Crippen LogP contribution >= 0.6 is 0 Å². The van der Waals surface area contributed by atoms with Crippen molar-refractivity contribution < 1.29 is 4.79 Å². The number of hydrogen-bond acceptors (Lipinski definition) is 2. The van der Waals surface area contributed by atoms with Gasteiger partial charge < -0.3 is 0 Å². The summed E-state index contributed by atoms with van der Waals surface area (Å²) in [5.74, 6) is 0.143. The molecule has 0 bridgehead atoms. The molecule has 0 aliphatic heterocycles. The Morgan fingerprint density at radius 1 is 1.23 bits per heavy atom. The summed E-state index contributed by atoms with van der Waals surface area (Å²) in [7, 11) is 1.90. The van der Waals surface area contributed by atoms with E-state index in [1.165, 1.54) is 0 Å². The smallest absolute Gasteiger partial charge is 0.234 e. The highest BCUT2D eigenvalue weighted by molar-refractivity contribution is 5.75. The molecule has 0 aromatic carbocycles. The van der Waals surface area contributed by atoms with E-state index in [9.17, 15) is 4.79 Å². The maximum atomic E-state index is 11.3. The standard InChI is InChI=1S/C10H22N2O/c1-4-6-7-8-10(13)11-12(3)9-5-2/h4-9H2,1-3H3,(H,11,13). The van der Waals surface area contributed by atoms with E-state index < -0.39 is 0 Å². The fourth-order valence-electron chi connectivity index (χ4n) is 1.20. The molecule has 0 saturated carbocycles. The summed E-state index contributed by atoms with van der Waals surface area (Å²) < 4.78 is 0. The topological polar surface area (TPSA) is 32.3 Å². The normalized spacial score (nSPS) is 10.5. The minimum atomic E-state index is 0.143. The molecular weight excluding hydrogens is 164 g/mol. The lowest BCUT2D eigenvalue weighted by Gasteiger charge is -2.16. The summed E-state index contributed by atoms with van der Waals surface area (Å²) in [6.45, 7) is 5.15. The first kappa shape index (κ1) is 12.4. The van der Waals surface area contributed by atoms with Crippen LogP contribution in [0.5, 0.6) is 0 Å². The van der Waals surface area contributed by atoms with Gasteiger partial charge in [0.2, 0.25) is 5.91 Å². The molecule has 0 aromatic heterocycles. The zero-order valence-corrected chi connectivity index (χ0v) is 9.10. The molecule has 0 aromatic rings. The number of carbonyl (C=O) groups excluding carboxylic acids is 1. The van der Waals surface area contributed by atoms with Crippen LogP contribution in [-0.2, 0) is 4.79 Å². The third-order valence-corrected chi connectivity index (χ3v) is 1.88. The van der Waals surface area contributed by atoms with Gasteiger partial charge in [0.25, 0.3) is 0 Å². The number of nitrogens with one attached hydrogen (secondary N) is 1. The van der Waals surface area contributed by atoms with Crippen molar-refractivity contribution in [1.82, 2.24) is 10.4 Å². The van der Waals surface area contributed by atoms with Gasteiger partial charge in [-0.1, -0.05) is 26.7 Å². The zero-order chi connectivity index (χ0) is 10.1. The first-order valence-electron chi connectivity index (χ1n) is 5.21. The first-order chi connectivity index (χ1) is 6.20. The van der Waals surface area contributed by atoms with Crippen molar-refractivity contribution in [2.24, 2.45) is 0 Å². The maximum Gasteiger partial charge on any atom is 0.234 e. The second-order valence-corrected chi connectivity index (χ2v) is 3.41. The molecule has 78 valence electrons. The van der Waals surface area contributed by atoms with Crippen LogP contribution in [0.4, 0.5) is 0 Å². The Labute approximate surface area is 81.5 Å². The predicted molar refractivity (Wildman–Crippen MR) is 55.2 cm³/mol. The van der Waals surface area contributed by atoms with Crippen molar-refractivity contribution in [3.63, 3.8) is 0 Å². The summed E-state index contributed by atoms with van der Waals surface area (Å²) in [5.41, 5.74) is 2.83. The highest BCUT2D eigenvalue weighted by Crippen LogP contribution is 1.98. The second-order valence-electron chi connectivity index (χ2n) is 3.41. The maximum absolute atomic E-state index is 11.3. The van der Waals surface area contributed by atoms with Crippen LogP contribution in [0.15, 0.2) is 0 Å². The Balaban J connectivity index is 3.38. The van der Waals surface area contributed by atoms with Crippen molar-refractivity contribution in [1.29, 1.82) is 0 Å². The Kier molecular flexibility index (Phi) is 7.69. The van der Waals surface area contributed by atoms with Gasteiger partial charge in [0.05, 0.1) is 0 Å². The Hall–Kier alpha value is -0.570. The highest BCUT2D eigenvalue weighted by Gasteiger charge is 2.02. The number of hydrazine groups is 1. The molecule has 0 rings (SSSR count). The number of nitrogens with zero attached hydrogens (tertiary/aromatic N) is 1. The van der Waals surface area contributed by atoms with E-state index in [1.807, 2.05) is 12.1 Å². The summed E-state index contributed by atoms with van der Waals surface area (Å²) in [6.07, 6.45) is 5.03. The second kappa shape index (κ2) is 8.05. The van der Waals surface area contributed by atoms with E-state index >= 15 is 0 Å². The molecule has 13 heavy (non-hydrogen) atoms. The molecule has 1 N–H and O–H groups in total. The minimum absolute atomic E-state index is 0.143. The van der Waals surface area contributed by atoms with Crippen LogP contribution in [0, 0.1) is 0 Å². The number of unbranched alkanes of at least 4 members (excludes halogenated alkanes) is 2. The molecule has 1 amide bonds. The van der Waals surface area contributed by atoms with Crippen LogP contribution < -0.4 is 5.43 Å². The van der Waals surface area contributed by atoms with E-state index in [0.717, 1.165) is 32.2 Å². The third-order valence-electron chi connectivity index (χ3n) is 1.88. The summed E-state index contributed by atoms with van der Waals surface area (Å²) in [5, 5.41) is 1.86. The fourth-order valence-corrected chi connectivity index (χ4v) is 1.20. The number of hydrogen-bond donors (Lipinski definition) is 1.